The molecule has 4 nitrogen and oxygen atoms in total. The van der Waals surface area contributed by atoms with Crippen LogP contribution in [-0.4, -0.2) is 64.9 Å². The van der Waals surface area contributed by atoms with Gasteiger partial charge in [0.2, 0.25) is 0 Å². The topological polar surface area (TPSA) is 46.9 Å². The summed E-state index contributed by atoms with van der Waals surface area (Å²) in [6.45, 7) is 6.23. The molecular weight excluding hydrogens is 276 g/mol. The first kappa shape index (κ1) is 17.4. The summed E-state index contributed by atoms with van der Waals surface area (Å²) >= 11 is 0. The van der Waals surface area contributed by atoms with Crippen molar-refractivity contribution in [1.29, 1.82) is 0 Å². The molecule has 0 radical (unpaired) electrons. The molecule has 0 aromatic heterocycles. The minimum Gasteiger partial charge on any atom is -0.390 e. The van der Waals surface area contributed by atoms with Gasteiger partial charge in [-0.05, 0) is 51.9 Å². The minimum atomic E-state index is -0.606. The Labute approximate surface area is 134 Å². The van der Waals surface area contributed by atoms with Gasteiger partial charge < -0.3 is 15.1 Å². The fourth-order valence-electron chi connectivity index (χ4n) is 3.00. The van der Waals surface area contributed by atoms with Crippen LogP contribution in [0.2, 0.25) is 0 Å². The third kappa shape index (κ3) is 5.06. The van der Waals surface area contributed by atoms with E-state index in [0.29, 0.717) is 0 Å². The fourth-order valence-corrected chi connectivity index (χ4v) is 3.00. The van der Waals surface area contributed by atoms with Crippen molar-refractivity contribution in [3.8, 4) is 0 Å². The fraction of sp³-hybridized carbons (Fsp3) is 0.667. The third-order valence-corrected chi connectivity index (χ3v) is 4.45. The number of nitrogens with zero attached hydrogens (tertiary/aromatic N) is 2. The Morgan fingerprint density at radius 1 is 1.14 bits per heavy atom. The zero-order valence-corrected chi connectivity index (χ0v) is 14.3. The van der Waals surface area contributed by atoms with E-state index in [4.69, 9.17) is 0 Å². The van der Waals surface area contributed by atoms with Crippen LogP contribution in [0, 0.1) is 0 Å². The number of likely N-dealkylation sites (N-methyl/N-ethyl adjacent to an activating group) is 1. The lowest BCUT2D eigenvalue weighted by atomic mass is 9.98. The molecule has 0 bridgehead atoms. The summed E-state index contributed by atoms with van der Waals surface area (Å²) in [4.78, 5) is 4.41. The highest BCUT2D eigenvalue weighted by Gasteiger charge is 2.32. The first-order valence-corrected chi connectivity index (χ1v) is 8.11. The molecule has 0 amide bonds. The van der Waals surface area contributed by atoms with Crippen molar-refractivity contribution >= 4 is 0 Å². The van der Waals surface area contributed by atoms with E-state index < -0.39 is 5.60 Å². The second-order valence-electron chi connectivity index (χ2n) is 7.42. The second-order valence-corrected chi connectivity index (χ2v) is 7.42. The molecule has 2 unspecified atom stereocenters. The van der Waals surface area contributed by atoms with Crippen LogP contribution in [-0.2, 0) is 13.0 Å². The van der Waals surface area contributed by atoms with Crippen LogP contribution in [0.4, 0.5) is 0 Å². The van der Waals surface area contributed by atoms with Crippen molar-refractivity contribution in [2.24, 2.45) is 0 Å². The zero-order chi connectivity index (χ0) is 16.3. The van der Waals surface area contributed by atoms with Crippen molar-refractivity contribution in [2.75, 3.05) is 27.2 Å². The van der Waals surface area contributed by atoms with Crippen LogP contribution < -0.4 is 0 Å². The summed E-state index contributed by atoms with van der Waals surface area (Å²) in [7, 11) is 4.05. The van der Waals surface area contributed by atoms with Gasteiger partial charge in [0.1, 0.15) is 0 Å². The standard InChI is InChI=1S/C18H30N2O2/c1-18(2,22)10-9-14-5-7-15(8-6-14)11-20-12-16(19(3)4)17(21)13-20/h5-8,16-17,21-22H,9-13H2,1-4H3. The van der Waals surface area contributed by atoms with Gasteiger partial charge in [0.15, 0.2) is 0 Å². The van der Waals surface area contributed by atoms with Crippen molar-refractivity contribution < 1.29 is 10.2 Å². The smallest absolute Gasteiger partial charge is 0.0834 e. The van der Waals surface area contributed by atoms with Gasteiger partial charge >= 0.3 is 0 Å². The number of β-amino-alcohol motifs (C(OH)–C–C–N with tert-alkyl or cyclic N) is 1. The van der Waals surface area contributed by atoms with E-state index in [9.17, 15) is 10.2 Å². The van der Waals surface area contributed by atoms with Crippen molar-refractivity contribution in [2.45, 2.75) is 51.0 Å². The largest absolute Gasteiger partial charge is 0.390 e. The van der Waals surface area contributed by atoms with Gasteiger partial charge in [-0.1, -0.05) is 24.3 Å². The number of hydrogen-bond donors (Lipinski definition) is 2. The molecule has 2 rings (SSSR count). The average molecular weight is 306 g/mol. The maximum atomic E-state index is 10.1. The molecule has 22 heavy (non-hydrogen) atoms. The Morgan fingerprint density at radius 3 is 2.23 bits per heavy atom. The Bertz CT molecular complexity index is 465. The van der Waals surface area contributed by atoms with Gasteiger partial charge in [-0.15, -0.1) is 0 Å². The summed E-state index contributed by atoms with van der Waals surface area (Å²) < 4.78 is 0. The summed E-state index contributed by atoms with van der Waals surface area (Å²) in [6, 6.07) is 8.85. The summed E-state index contributed by atoms with van der Waals surface area (Å²) in [5.41, 5.74) is 1.93. The van der Waals surface area contributed by atoms with Crippen molar-refractivity contribution in [3.63, 3.8) is 0 Å². The Morgan fingerprint density at radius 2 is 1.73 bits per heavy atom. The van der Waals surface area contributed by atoms with Crippen LogP contribution in [0.15, 0.2) is 24.3 Å². The van der Waals surface area contributed by atoms with Crippen LogP contribution >= 0.6 is 0 Å². The number of benzene rings is 1. The van der Waals surface area contributed by atoms with E-state index in [2.05, 4.69) is 34.1 Å². The predicted molar refractivity (Wildman–Crippen MR) is 89.8 cm³/mol. The van der Waals surface area contributed by atoms with E-state index in [-0.39, 0.29) is 12.1 Å². The molecule has 1 aliphatic heterocycles. The van der Waals surface area contributed by atoms with Gasteiger partial charge in [-0.3, -0.25) is 4.90 Å². The first-order chi connectivity index (χ1) is 10.2. The Hall–Kier alpha value is -0.940. The van der Waals surface area contributed by atoms with E-state index in [0.717, 1.165) is 32.5 Å². The number of likely N-dealkylation sites (tertiary alicyclic amines) is 1. The van der Waals surface area contributed by atoms with Crippen LogP contribution in [0.5, 0.6) is 0 Å². The quantitative estimate of drug-likeness (QED) is 0.836. The molecule has 2 N–H and O–H groups in total. The van der Waals surface area contributed by atoms with Gasteiger partial charge in [0, 0.05) is 25.7 Å². The van der Waals surface area contributed by atoms with Crippen LogP contribution in [0.1, 0.15) is 31.4 Å². The number of aryl methyl sites for hydroxylation is 1. The Balaban J connectivity index is 1.87. The van der Waals surface area contributed by atoms with Gasteiger partial charge in [0.05, 0.1) is 11.7 Å². The lowest BCUT2D eigenvalue weighted by Gasteiger charge is -2.21. The third-order valence-electron chi connectivity index (χ3n) is 4.45. The van der Waals surface area contributed by atoms with E-state index in [1.165, 1.54) is 11.1 Å². The molecule has 1 fully saturated rings. The van der Waals surface area contributed by atoms with Crippen LogP contribution in [0.25, 0.3) is 0 Å². The number of rotatable bonds is 6. The molecule has 124 valence electrons. The van der Waals surface area contributed by atoms with Gasteiger partial charge in [-0.2, -0.15) is 0 Å². The number of aliphatic hydroxyl groups is 2. The second kappa shape index (κ2) is 7.09. The van der Waals surface area contributed by atoms with Crippen LogP contribution in [0.3, 0.4) is 0 Å². The zero-order valence-electron chi connectivity index (χ0n) is 14.3. The highest BCUT2D eigenvalue weighted by Crippen LogP contribution is 2.18. The molecule has 0 spiro atoms. The summed E-state index contributed by atoms with van der Waals surface area (Å²) in [6.07, 6.45) is 1.41. The summed E-state index contributed by atoms with van der Waals surface area (Å²) in [5, 5.41) is 19.9. The predicted octanol–water partition coefficient (Wildman–Crippen LogP) is 1.50. The number of aliphatic hydroxyl groups excluding tert-OH is 1. The SMILES string of the molecule is CN(C)C1CN(Cc2ccc(CCC(C)(C)O)cc2)CC1O. The van der Waals surface area contributed by atoms with E-state index in [1.807, 2.05) is 27.9 Å². The van der Waals surface area contributed by atoms with Crippen molar-refractivity contribution in [3.05, 3.63) is 35.4 Å². The minimum absolute atomic E-state index is 0.228. The molecule has 2 atom stereocenters. The first-order valence-electron chi connectivity index (χ1n) is 8.11. The molecular formula is C18H30N2O2. The molecule has 1 aromatic carbocycles. The molecule has 0 aliphatic carbocycles. The number of hydrogen-bond acceptors (Lipinski definition) is 4. The average Bonchev–Trinajstić information content (AvgIpc) is 2.78. The van der Waals surface area contributed by atoms with Crippen molar-refractivity contribution in [1.82, 2.24) is 9.80 Å². The highest BCUT2D eigenvalue weighted by molar-refractivity contribution is 5.23. The maximum Gasteiger partial charge on any atom is 0.0834 e. The van der Waals surface area contributed by atoms with E-state index in [1.54, 1.807) is 0 Å². The lowest BCUT2D eigenvalue weighted by molar-refractivity contribution is 0.0714. The monoisotopic (exact) mass is 306 g/mol. The highest BCUT2D eigenvalue weighted by atomic mass is 16.3. The van der Waals surface area contributed by atoms with Gasteiger partial charge in [0.25, 0.3) is 0 Å². The maximum absolute atomic E-state index is 10.1. The molecule has 1 saturated heterocycles. The lowest BCUT2D eigenvalue weighted by Crippen LogP contribution is -2.37. The molecule has 1 aliphatic rings. The normalized spacial score (nSPS) is 23.4. The molecule has 0 saturated carbocycles. The summed E-state index contributed by atoms with van der Waals surface area (Å²) in [5.74, 6) is 0. The van der Waals surface area contributed by atoms with E-state index >= 15 is 0 Å². The van der Waals surface area contributed by atoms with Gasteiger partial charge in [-0.25, -0.2) is 0 Å². The Kier molecular flexibility index (Phi) is 5.61. The molecule has 1 aromatic rings. The molecule has 1 heterocycles. The molecule has 4 heteroatoms.